The molecule has 0 N–H and O–H groups in total. The number of carbonyl (C=O) groups excluding carboxylic acids is 1. The highest BCUT2D eigenvalue weighted by atomic mass is 16.1. The van der Waals surface area contributed by atoms with Gasteiger partial charge in [-0.25, -0.2) is 0 Å². The van der Waals surface area contributed by atoms with Crippen LogP contribution in [0.25, 0.3) is 0 Å². The minimum atomic E-state index is 0.149. The predicted octanol–water partition coefficient (Wildman–Crippen LogP) is 1.83. The molecule has 2 nitrogen and oxygen atoms in total. The maximum absolute atomic E-state index is 11.6. The van der Waals surface area contributed by atoms with E-state index in [0.717, 1.165) is 18.4 Å². The summed E-state index contributed by atoms with van der Waals surface area (Å²) < 4.78 is 0. The third-order valence-electron chi connectivity index (χ3n) is 2.11. The second-order valence-corrected chi connectivity index (χ2v) is 3.26. The van der Waals surface area contributed by atoms with Gasteiger partial charge in [0.05, 0.1) is 0 Å². The van der Waals surface area contributed by atoms with Crippen LogP contribution in [0, 0.1) is 0 Å². The van der Waals surface area contributed by atoms with Gasteiger partial charge in [-0.1, -0.05) is 32.3 Å². The van der Waals surface area contributed by atoms with Crippen molar-refractivity contribution in [2.75, 3.05) is 0 Å². The standard InChI is InChI=1S/C11H15BNO/c1-3-4-7-10(14)9-6-5-8-11(12-2)13-9/h5-6,8H,3-4,7H2,1-2H3. The van der Waals surface area contributed by atoms with Gasteiger partial charge in [-0.3, -0.25) is 9.78 Å². The molecule has 0 saturated heterocycles. The Labute approximate surface area is 86.0 Å². The maximum Gasteiger partial charge on any atom is 0.181 e. The van der Waals surface area contributed by atoms with Crippen LogP contribution in [0.2, 0.25) is 6.82 Å². The molecule has 0 bridgehead atoms. The summed E-state index contributed by atoms with van der Waals surface area (Å²) in [6.45, 7) is 4.00. The van der Waals surface area contributed by atoms with E-state index in [9.17, 15) is 4.79 Å². The van der Waals surface area contributed by atoms with E-state index >= 15 is 0 Å². The average Bonchev–Trinajstić information content (AvgIpc) is 2.26. The first-order valence-corrected chi connectivity index (χ1v) is 5.07. The number of carbonyl (C=O) groups is 1. The van der Waals surface area contributed by atoms with Gasteiger partial charge in [-0.15, -0.1) is 0 Å². The number of pyridine rings is 1. The van der Waals surface area contributed by atoms with Crippen LogP contribution in [-0.4, -0.2) is 18.0 Å². The highest BCUT2D eigenvalue weighted by Gasteiger charge is 2.06. The van der Waals surface area contributed by atoms with E-state index in [1.54, 1.807) is 6.07 Å². The lowest BCUT2D eigenvalue weighted by Crippen LogP contribution is -2.18. The van der Waals surface area contributed by atoms with Crippen LogP contribution in [0.3, 0.4) is 0 Å². The summed E-state index contributed by atoms with van der Waals surface area (Å²) in [5, 5.41) is 0. The van der Waals surface area contributed by atoms with Crippen molar-refractivity contribution in [3.05, 3.63) is 23.9 Å². The van der Waals surface area contributed by atoms with E-state index in [1.165, 1.54) is 0 Å². The predicted molar refractivity (Wildman–Crippen MR) is 59.3 cm³/mol. The molecule has 1 rings (SSSR count). The lowest BCUT2D eigenvalue weighted by atomic mass is 9.77. The quantitative estimate of drug-likeness (QED) is 0.521. The Morgan fingerprint density at radius 1 is 1.50 bits per heavy atom. The summed E-state index contributed by atoms with van der Waals surface area (Å²) in [4.78, 5) is 15.8. The van der Waals surface area contributed by atoms with Crippen molar-refractivity contribution < 1.29 is 4.79 Å². The number of hydrogen-bond donors (Lipinski definition) is 0. The molecule has 0 atom stereocenters. The second kappa shape index (κ2) is 5.58. The summed E-state index contributed by atoms with van der Waals surface area (Å²) in [5.74, 6) is 0.149. The fraction of sp³-hybridized carbons (Fsp3) is 0.455. The Balaban J connectivity index is 2.69. The molecule has 0 spiro atoms. The van der Waals surface area contributed by atoms with Crippen molar-refractivity contribution in [2.24, 2.45) is 0 Å². The van der Waals surface area contributed by atoms with E-state index in [2.05, 4.69) is 11.9 Å². The molecule has 0 aliphatic heterocycles. The SMILES string of the molecule is C[B]c1cccc(C(=O)CCCC)n1. The minimum Gasteiger partial charge on any atom is -0.292 e. The van der Waals surface area contributed by atoms with Crippen LogP contribution in [0.5, 0.6) is 0 Å². The number of Topliss-reactive ketones (excluding diaryl/α,β-unsaturated/α-hetero) is 1. The molecule has 1 radical (unpaired) electrons. The Morgan fingerprint density at radius 2 is 2.29 bits per heavy atom. The summed E-state index contributed by atoms with van der Waals surface area (Å²) in [6.07, 6.45) is 2.60. The first kappa shape index (κ1) is 11.0. The minimum absolute atomic E-state index is 0.149. The first-order chi connectivity index (χ1) is 6.77. The van der Waals surface area contributed by atoms with Crippen molar-refractivity contribution in [3.63, 3.8) is 0 Å². The van der Waals surface area contributed by atoms with Gasteiger partial charge in [0.2, 0.25) is 0 Å². The summed E-state index contributed by atoms with van der Waals surface area (Å²) >= 11 is 0. The molecule has 14 heavy (non-hydrogen) atoms. The van der Waals surface area contributed by atoms with Gasteiger partial charge in [0.1, 0.15) is 5.69 Å². The second-order valence-electron chi connectivity index (χ2n) is 3.26. The number of hydrogen-bond acceptors (Lipinski definition) is 2. The normalized spacial score (nSPS) is 9.86. The van der Waals surface area contributed by atoms with Crippen LogP contribution in [-0.2, 0) is 0 Å². The molecule has 73 valence electrons. The van der Waals surface area contributed by atoms with Gasteiger partial charge in [0.15, 0.2) is 13.1 Å². The van der Waals surface area contributed by atoms with E-state index in [0.29, 0.717) is 12.1 Å². The maximum atomic E-state index is 11.6. The molecule has 0 saturated carbocycles. The first-order valence-electron chi connectivity index (χ1n) is 5.07. The molecule has 1 heterocycles. The van der Waals surface area contributed by atoms with E-state index in [1.807, 2.05) is 26.2 Å². The molecule has 0 aliphatic carbocycles. The van der Waals surface area contributed by atoms with E-state index < -0.39 is 0 Å². The molecule has 0 aliphatic rings. The molecule has 0 amide bonds. The molecule has 0 unspecified atom stereocenters. The van der Waals surface area contributed by atoms with Crippen molar-refractivity contribution in [1.82, 2.24) is 4.98 Å². The molecule has 3 heteroatoms. The number of nitrogens with zero attached hydrogens (tertiary/aromatic N) is 1. The van der Waals surface area contributed by atoms with Gasteiger partial charge in [-0.2, -0.15) is 0 Å². The van der Waals surface area contributed by atoms with Gasteiger partial charge in [-0.05, 0) is 18.1 Å². The van der Waals surface area contributed by atoms with Crippen LogP contribution in [0.15, 0.2) is 18.2 Å². The monoisotopic (exact) mass is 188 g/mol. The third-order valence-corrected chi connectivity index (χ3v) is 2.11. The lowest BCUT2D eigenvalue weighted by molar-refractivity contribution is 0.0975. The van der Waals surface area contributed by atoms with E-state index in [4.69, 9.17) is 0 Å². The fourth-order valence-electron chi connectivity index (χ4n) is 1.23. The van der Waals surface area contributed by atoms with Gasteiger partial charge < -0.3 is 0 Å². The van der Waals surface area contributed by atoms with Gasteiger partial charge in [0, 0.05) is 6.42 Å². The molecular formula is C11H15BNO. The Bertz CT molecular complexity index is 312. The number of aromatic nitrogens is 1. The van der Waals surface area contributed by atoms with Crippen LogP contribution in [0.4, 0.5) is 0 Å². The Morgan fingerprint density at radius 3 is 2.93 bits per heavy atom. The van der Waals surface area contributed by atoms with Gasteiger partial charge >= 0.3 is 0 Å². The molecule has 0 fully saturated rings. The van der Waals surface area contributed by atoms with Gasteiger partial charge in [0.25, 0.3) is 0 Å². The highest BCUT2D eigenvalue weighted by molar-refractivity contribution is 6.50. The van der Waals surface area contributed by atoms with Crippen LogP contribution >= 0.6 is 0 Å². The van der Waals surface area contributed by atoms with E-state index in [-0.39, 0.29) is 5.78 Å². The van der Waals surface area contributed by atoms with Crippen molar-refractivity contribution in [2.45, 2.75) is 33.0 Å². The average molecular weight is 188 g/mol. The van der Waals surface area contributed by atoms with Crippen LogP contribution < -0.4 is 5.59 Å². The number of ketones is 1. The third kappa shape index (κ3) is 2.98. The molecule has 1 aromatic rings. The topological polar surface area (TPSA) is 30.0 Å². The summed E-state index contributed by atoms with van der Waals surface area (Å²) in [7, 11) is 1.90. The fourth-order valence-corrected chi connectivity index (χ4v) is 1.23. The van der Waals surface area contributed by atoms with Crippen molar-refractivity contribution in [1.29, 1.82) is 0 Å². The largest absolute Gasteiger partial charge is 0.292 e. The summed E-state index contributed by atoms with van der Waals surface area (Å²) in [6, 6.07) is 5.56. The van der Waals surface area contributed by atoms with Crippen molar-refractivity contribution in [3.8, 4) is 0 Å². The highest BCUT2D eigenvalue weighted by Crippen LogP contribution is 2.02. The molecule has 1 aromatic heterocycles. The Hall–Kier alpha value is -1.12. The van der Waals surface area contributed by atoms with Crippen molar-refractivity contribution >= 4 is 18.7 Å². The molecule has 0 aromatic carbocycles. The van der Waals surface area contributed by atoms with Crippen LogP contribution in [0.1, 0.15) is 36.7 Å². The Kier molecular flexibility index (Phi) is 4.37. The summed E-state index contributed by atoms with van der Waals surface area (Å²) in [5.41, 5.74) is 1.46. The zero-order chi connectivity index (χ0) is 10.4. The lowest BCUT2D eigenvalue weighted by Gasteiger charge is -2.01. The zero-order valence-corrected chi connectivity index (χ0v) is 8.79. The number of rotatable bonds is 5. The zero-order valence-electron chi connectivity index (χ0n) is 8.79. The molecular weight excluding hydrogens is 173 g/mol. The smallest absolute Gasteiger partial charge is 0.181 e. The number of unbranched alkanes of at least 4 members (excludes halogenated alkanes) is 1.